The fourth-order valence-electron chi connectivity index (χ4n) is 6.46. The van der Waals surface area contributed by atoms with Gasteiger partial charge in [0, 0.05) is 19.8 Å². The molecule has 5 aromatic carbocycles. The van der Waals surface area contributed by atoms with Gasteiger partial charge in [-0.05, 0) is 53.8 Å². The van der Waals surface area contributed by atoms with E-state index in [2.05, 4.69) is 66.0 Å². The summed E-state index contributed by atoms with van der Waals surface area (Å²) in [6.07, 6.45) is -0.845. The van der Waals surface area contributed by atoms with Crippen molar-refractivity contribution in [3.63, 3.8) is 0 Å². The molecule has 0 heterocycles. The lowest BCUT2D eigenvalue weighted by Gasteiger charge is -2.46. The van der Waals surface area contributed by atoms with Crippen LogP contribution in [0.3, 0.4) is 0 Å². The molecule has 5 aromatic rings. The van der Waals surface area contributed by atoms with Crippen molar-refractivity contribution in [1.29, 1.82) is 0 Å². The number of nitrogens with zero attached hydrogens (tertiary/aromatic N) is 1. The van der Waals surface area contributed by atoms with Crippen LogP contribution in [0.5, 0.6) is 0 Å². The Kier molecular flexibility index (Phi) is 11.7. The molecule has 7 heteroatoms. The second kappa shape index (κ2) is 16.3. The summed E-state index contributed by atoms with van der Waals surface area (Å²) < 4.78 is 11.4. The Morgan fingerprint density at radius 1 is 0.708 bits per heavy atom. The van der Waals surface area contributed by atoms with Gasteiger partial charge in [-0.25, -0.2) is 0 Å². The minimum atomic E-state index is -1.11. The zero-order valence-corrected chi connectivity index (χ0v) is 27.9. The number of carbonyl (C=O) groups is 2. The van der Waals surface area contributed by atoms with Gasteiger partial charge in [0.15, 0.2) is 6.29 Å². The number of carbonyl (C=O) groups excluding carboxylic acids is 2. The highest BCUT2D eigenvalue weighted by molar-refractivity contribution is 5.90. The van der Waals surface area contributed by atoms with E-state index in [1.54, 1.807) is 6.92 Å². The highest BCUT2D eigenvalue weighted by Gasteiger charge is 2.45. The zero-order chi connectivity index (χ0) is 33.9. The van der Waals surface area contributed by atoms with Crippen molar-refractivity contribution >= 4 is 22.6 Å². The molecule has 0 spiro atoms. The lowest BCUT2D eigenvalue weighted by atomic mass is 9.75. The van der Waals surface area contributed by atoms with Crippen LogP contribution in [0.4, 0.5) is 0 Å². The van der Waals surface area contributed by atoms with Gasteiger partial charge >= 0.3 is 0 Å². The molecule has 2 atom stereocenters. The number of fused-ring (bicyclic) bond motifs is 1. The molecule has 0 aliphatic heterocycles. The first kappa shape index (κ1) is 34.5. The molecule has 0 saturated carbocycles. The molecule has 0 bridgehead atoms. The number of ether oxygens (including phenoxy) is 2. The Labute approximate surface area is 283 Å². The van der Waals surface area contributed by atoms with Gasteiger partial charge in [0.2, 0.25) is 11.8 Å². The molecule has 48 heavy (non-hydrogen) atoms. The predicted molar refractivity (Wildman–Crippen MR) is 191 cm³/mol. The number of nitrogens with one attached hydrogen (secondary N) is 1. The summed E-state index contributed by atoms with van der Waals surface area (Å²) in [4.78, 5) is 30.4. The van der Waals surface area contributed by atoms with Crippen molar-refractivity contribution in [2.24, 2.45) is 5.73 Å². The standard InChI is InChI=1S/C41H45N3O4/c1-4-47-40(48-5-2)30(3)43-39(46)37(42)28-38(45)44(29-32-20-17-19-31-18-15-16-27-36(31)32)41(33-21-9-6-10-22-33,34-23-11-7-12-24-34)35-25-13-8-14-26-35/h6-27,30,37,40H,4-5,28-29,42H2,1-3H3,(H,43,46)/t30-,37-/m0/s1. The van der Waals surface area contributed by atoms with E-state index >= 15 is 4.79 Å². The summed E-state index contributed by atoms with van der Waals surface area (Å²) in [6, 6.07) is 42.9. The lowest BCUT2D eigenvalue weighted by molar-refractivity contribution is -0.156. The third kappa shape index (κ3) is 7.50. The van der Waals surface area contributed by atoms with Crippen LogP contribution in [-0.4, -0.2) is 48.3 Å². The molecule has 2 amide bonds. The molecular weight excluding hydrogens is 598 g/mol. The summed E-state index contributed by atoms with van der Waals surface area (Å²) >= 11 is 0. The molecule has 0 aliphatic carbocycles. The maximum Gasteiger partial charge on any atom is 0.237 e. The normalized spacial score (nSPS) is 12.9. The third-order valence-electron chi connectivity index (χ3n) is 8.66. The number of rotatable bonds is 15. The number of hydrogen-bond donors (Lipinski definition) is 2. The molecule has 0 radical (unpaired) electrons. The molecule has 248 valence electrons. The Morgan fingerprint density at radius 3 is 1.71 bits per heavy atom. The van der Waals surface area contributed by atoms with E-state index in [0.717, 1.165) is 33.0 Å². The molecule has 0 fully saturated rings. The third-order valence-corrected chi connectivity index (χ3v) is 8.66. The maximum absolute atomic E-state index is 15.0. The minimum Gasteiger partial charge on any atom is -0.351 e. The van der Waals surface area contributed by atoms with Gasteiger partial charge < -0.3 is 25.4 Å². The van der Waals surface area contributed by atoms with Crippen LogP contribution in [-0.2, 0) is 31.1 Å². The van der Waals surface area contributed by atoms with Crippen LogP contribution < -0.4 is 11.1 Å². The van der Waals surface area contributed by atoms with Gasteiger partial charge in [-0.15, -0.1) is 0 Å². The van der Waals surface area contributed by atoms with Crippen LogP contribution in [0.2, 0.25) is 0 Å². The Hall–Kier alpha value is -4.82. The Bertz CT molecular complexity index is 1660. The number of nitrogens with two attached hydrogens (primary N) is 1. The number of benzene rings is 5. The Morgan fingerprint density at radius 2 is 1.19 bits per heavy atom. The molecule has 0 saturated heterocycles. The topological polar surface area (TPSA) is 93.9 Å². The smallest absolute Gasteiger partial charge is 0.237 e. The van der Waals surface area contributed by atoms with Gasteiger partial charge in [0.05, 0.1) is 18.5 Å². The van der Waals surface area contributed by atoms with Crippen molar-refractivity contribution in [3.8, 4) is 0 Å². The number of hydrogen-bond acceptors (Lipinski definition) is 5. The zero-order valence-electron chi connectivity index (χ0n) is 27.9. The van der Waals surface area contributed by atoms with Crippen LogP contribution in [0.15, 0.2) is 133 Å². The molecule has 0 aliphatic rings. The van der Waals surface area contributed by atoms with Crippen LogP contribution in [0.1, 0.15) is 49.4 Å². The van der Waals surface area contributed by atoms with Gasteiger partial charge in [-0.2, -0.15) is 0 Å². The van der Waals surface area contributed by atoms with Crippen LogP contribution >= 0.6 is 0 Å². The minimum absolute atomic E-state index is 0.217. The summed E-state index contributed by atoms with van der Waals surface area (Å²) in [5.74, 6) is -0.712. The maximum atomic E-state index is 15.0. The average molecular weight is 644 g/mol. The van der Waals surface area contributed by atoms with E-state index in [1.165, 1.54) is 0 Å². The number of amides is 2. The van der Waals surface area contributed by atoms with E-state index < -0.39 is 29.8 Å². The summed E-state index contributed by atoms with van der Waals surface area (Å²) in [6.45, 7) is 6.67. The van der Waals surface area contributed by atoms with E-state index in [1.807, 2.05) is 91.5 Å². The predicted octanol–water partition coefficient (Wildman–Crippen LogP) is 6.78. The van der Waals surface area contributed by atoms with Crippen molar-refractivity contribution in [1.82, 2.24) is 10.2 Å². The summed E-state index contributed by atoms with van der Waals surface area (Å²) in [5.41, 5.74) is 9.23. The quantitative estimate of drug-likeness (QED) is 0.0969. The summed E-state index contributed by atoms with van der Waals surface area (Å²) in [7, 11) is 0. The fraction of sp³-hybridized carbons (Fsp3) is 0.268. The van der Waals surface area contributed by atoms with Crippen LogP contribution in [0.25, 0.3) is 10.8 Å². The van der Waals surface area contributed by atoms with E-state index in [4.69, 9.17) is 15.2 Å². The highest BCUT2D eigenvalue weighted by Crippen LogP contribution is 2.44. The molecule has 5 rings (SSSR count). The SMILES string of the molecule is CCOC(OCC)[C@H](C)NC(=O)[C@@H](N)CC(=O)N(Cc1cccc2ccccc12)C(c1ccccc1)(c1ccccc1)c1ccccc1. The van der Waals surface area contributed by atoms with Gasteiger partial charge in [0.25, 0.3) is 0 Å². The highest BCUT2D eigenvalue weighted by atomic mass is 16.7. The Balaban J connectivity index is 1.64. The van der Waals surface area contributed by atoms with Gasteiger partial charge in [-0.3, -0.25) is 9.59 Å². The molecule has 0 aromatic heterocycles. The first-order valence-electron chi connectivity index (χ1n) is 16.6. The first-order chi connectivity index (χ1) is 23.4. The molecule has 0 unspecified atom stereocenters. The van der Waals surface area contributed by atoms with Gasteiger partial charge in [0.1, 0.15) is 5.54 Å². The van der Waals surface area contributed by atoms with E-state index in [9.17, 15) is 4.79 Å². The summed E-state index contributed by atoms with van der Waals surface area (Å²) in [5, 5.41) is 5.05. The van der Waals surface area contributed by atoms with E-state index in [-0.39, 0.29) is 18.9 Å². The fourth-order valence-corrected chi connectivity index (χ4v) is 6.46. The second-order valence-corrected chi connectivity index (χ2v) is 11.8. The van der Waals surface area contributed by atoms with E-state index in [0.29, 0.717) is 13.2 Å². The first-order valence-corrected chi connectivity index (χ1v) is 16.6. The molecular formula is C41H45N3O4. The average Bonchev–Trinajstić information content (AvgIpc) is 3.12. The largest absolute Gasteiger partial charge is 0.351 e. The van der Waals surface area contributed by atoms with Crippen molar-refractivity contribution in [2.45, 2.75) is 57.6 Å². The second-order valence-electron chi connectivity index (χ2n) is 11.8. The molecule has 3 N–H and O–H groups in total. The van der Waals surface area contributed by atoms with Crippen molar-refractivity contribution < 1.29 is 19.1 Å². The lowest BCUT2D eigenvalue weighted by Crippen LogP contribution is -2.54. The van der Waals surface area contributed by atoms with Crippen LogP contribution in [0, 0.1) is 0 Å². The van der Waals surface area contributed by atoms with Crippen molar-refractivity contribution in [3.05, 3.63) is 156 Å². The molecule has 7 nitrogen and oxygen atoms in total. The monoisotopic (exact) mass is 643 g/mol. The van der Waals surface area contributed by atoms with Crippen molar-refractivity contribution in [2.75, 3.05) is 13.2 Å². The van der Waals surface area contributed by atoms with Gasteiger partial charge in [-0.1, -0.05) is 133 Å².